The molecular formula is C24H32ClN3O3S2. The van der Waals surface area contributed by atoms with E-state index in [1.54, 1.807) is 35.2 Å². The van der Waals surface area contributed by atoms with Gasteiger partial charge in [-0.15, -0.1) is 12.4 Å². The summed E-state index contributed by atoms with van der Waals surface area (Å²) in [5.41, 5.74) is 3.21. The van der Waals surface area contributed by atoms with Crippen LogP contribution in [0.15, 0.2) is 47.4 Å². The van der Waals surface area contributed by atoms with E-state index in [1.165, 1.54) is 16.9 Å². The Morgan fingerprint density at radius 1 is 1.00 bits per heavy atom. The lowest BCUT2D eigenvalue weighted by Gasteiger charge is -2.24. The van der Waals surface area contributed by atoms with Gasteiger partial charge in [-0.1, -0.05) is 43.4 Å². The van der Waals surface area contributed by atoms with Gasteiger partial charge in [0.1, 0.15) is 0 Å². The highest BCUT2D eigenvalue weighted by atomic mass is 35.5. The van der Waals surface area contributed by atoms with Crippen LogP contribution in [0.2, 0.25) is 0 Å². The zero-order valence-corrected chi connectivity index (χ0v) is 22.0. The van der Waals surface area contributed by atoms with E-state index in [2.05, 4.69) is 31.7 Å². The summed E-state index contributed by atoms with van der Waals surface area (Å²) in [5, 5.41) is 0.624. The number of carbonyl (C=O) groups excluding carboxylic acids is 1. The van der Waals surface area contributed by atoms with Crippen LogP contribution in [0.25, 0.3) is 10.2 Å². The largest absolute Gasteiger partial charge is 0.302 e. The third kappa shape index (κ3) is 6.76. The number of rotatable bonds is 10. The van der Waals surface area contributed by atoms with E-state index < -0.39 is 9.84 Å². The van der Waals surface area contributed by atoms with Crippen molar-refractivity contribution in [3.63, 3.8) is 0 Å². The van der Waals surface area contributed by atoms with Crippen molar-refractivity contribution in [2.24, 2.45) is 0 Å². The van der Waals surface area contributed by atoms with Crippen LogP contribution in [0, 0.1) is 13.8 Å². The summed E-state index contributed by atoms with van der Waals surface area (Å²) in [7, 11) is -3.52. The number of nitrogens with zero attached hydrogens (tertiary/aromatic N) is 3. The van der Waals surface area contributed by atoms with Gasteiger partial charge in [0.2, 0.25) is 5.91 Å². The van der Waals surface area contributed by atoms with Gasteiger partial charge >= 0.3 is 0 Å². The Kier molecular flexibility index (Phi) is 9.84. The van der Waals surface area contributed by atoms with Gasteiger partial charge in [0.25, 0.3) is 0 Å². The molecule has 0 unspecified atom stereocenters. The van der Waals surface area contributed by atoms with Crippen LogP contribution in [0.5, 0.6) is 0 Å². The van der Waals surface area contributed by atoms with Crippen molar-refractivity contribution in [3.8, 4) is 0 Å². The molecule has 0 radical (unpaired) electrons. The minimum Gasteiger partial charge on any atom is -0.302 e. The van der Waals surface area contributed by atoms with E-state index >= 15 is 0 Å². The number of aryl methyl sites for hydroxylation is 2. The molecule has 0 spiro atoms. The number of sulfone groups is 1. The average Bonchev–Trinajstić information content (AvgIpc) is 3.18. The Hall–Kier alpha value is -2.00. The third-order valence-electron chi connectivity index (χ3n) is 5.75. The molecule has 0 atom stereocenters. The lowest BCUT2D eigenvalue weighted by Crippen LogP contribution is -2.39. The normalized spacial score (nSPS) is 11.5. The Morgan fingerprint density at radius 3 is 2.27 bits per heavy atom. The first-order chi connectivity index (χ1) is 15.2. The highest BCUT2D eigenvalue weighted by molar-refractivity contribution is 7.91. The molecule has 6 nitrogen and oxygen atoms in total. The molecule has 3 aromatic rings. The molecule has 0 aliphatic carbocycles. The Morgan fingerprint density at radius 2 is 1.64 bits per heavy atom. The fraction of sp³-hybridized carbons (Fsp3) is 0.417. The molecule has 9 heteroatoms. The SMILES string of the molecule is CCN(CC)CCN(C(=O)CCS(=O)(=O)c1ccccc1)c1nc2cc(C)c(C)cc2s1.Cl. The average molecular weight is 510 g/mol. The molecule has 0 fully saturated rings. The number of hydrogen-bond acceptors (Lipinski definition) is 6. The summed E-state index contributed by atoms with van der Waals surface area (Å²) < 4.78 is 26.4. The predicted molar refractivity (Wildman–Crippen MR) is 140 cm³/mol. The Balaban J connectivity index is 0.00000385. The van der Waals surface area contributed by atoms with Crippen LogP contribution in [0.3, 0.4) is 0 Å². The fourth-order valence-corrected chi connectivity index (χ4v) is 5.83. The van der Waals surface area contributed by atoms with Crippen molar-refractivity contribution in [2.45, 2.75) is 39.0 Å². The summed E-state index contributed by atoms with van der Waals surface area (Å²) in [6.45, 7) is 11.2. The van der Waals surface area contributed by atoms with Gasteiger partial charge in [-0.2, -0.15) is 0 Å². The number of thiazole rings is 1. The van der Waals surface area contributed by atoms with Gasteiger partial charge in [0, 0.05) is 19.5 Å². The first kappa shape index (κ1) is 27.2. The molecule has 0 saturated carbocycles. The molecule has 0 N–H and O–H groups in total. The van der Waals surface area contributed by atoms with Crippen LogP contribution < -0.4 is 4.90 Å². The molecule has 1 amide bonds. The number of anilines is 1. The maximum atomic E-state index is 13.2. The molecule has 2 aromatic carbocycles. The van der Waals surface area contributed by atoms with Crippen LogP contribution in [-0.4, -0.2) is 56.1 Å². The standard InChI is InChI=1S/C24H31N3O3S2.ClH/c1-5-26(6-2)13-14-27(24-25-21-16-18(3)19(4)17-22(21)31-24)23(28)12-15-32(29,30)20-10-8-7-9-11-20;/h7-11,16-17H,5-6,12-15H2,1-4H3;1H. The molecule has 180 valence electrons. The summed E-state index contributed by atoms with van der Waals surface area (Å²) in [6, 6.07) is 12.4. The van der Waals surface area contributed by atoms with Crippen LogP contribution in [0.1, 0.15) is 31.4 Å². The van der Waals surface area contributed by atoms with Crippen molar-refractivity contribution in [3.05, 3.63) is 53.6 Å². The molecule has 0 bridgehead atoms. The maximum absolute atomic E-state index is 13.2. The summed E-state index contributed by atoms with van der Waals surface area (Å²) >= 11 is 1.48. The number of halogens is 1. The molecular weight excluding hydrogens is 478 g/mol. The molecule has 0 aliphatic heterocycles. The first-order valence-corrected chi connectivity index (χ1v) is 13.4. The van der Waals surface area contributed by atoms with Crippen LogP contribution >= 0.6 is 23.7 Å². The second kappa shape index (κ2) is 11.9. The highest BCUT2D eigenvalue weighted by Gasteiger charge is 2.23. The highest BCUT2D eigenvalue weighted by Crippen LogP contribution is 2.31. The number of benzene rings is 2. The van der Waals surface area contributed by atoms with Crippen molar-refractivity contribution in [1.29, 1.82) is 0 Å². The van der Waals surface area contributed by atoms with E-state index in [1.807, 2.05) is 13.0 Å². The topological polar surface area (TPSA) is 70.6 Å². The van der Waals surface area contributed by atoms with Gasteiger partial charge < -0.3 is 4.90 Å². The molecule has 0 aliphatic rings. The van der Waals surface area contributed by atoms with Crippen molar-refractivity contribution in [2.75, 3.05) is 36.8 Å². The summed E-state index contributed by atoms with van der Waals surface area (Å²) in [6.07, 6.45) is -0.0799. The second-order valence-electron chi connectivity index (χ2n) is 7.85. The van der Waals surface area contributed by atoms with E-state index in [0.717, 1.165) is 28.9 Å². The molecule has 3 rings (SSSR count). The Labute approximate surface area is 207 Å². The first-order valence-electron chi connectivity index (χ1n) is 10.9. The van der Waals surface area contributed by atoms with Gasteiger partial charge in [-0.25, -0.2) is 13.4 Å². The summed E-state index contributed by atoms with van der Waals surface area (Å²) in [4.78, 5) is 22.1. The van der Waals surface area contributed by atoms with Crippen LogP contribution in [0.4, 0.5) is 5.13 Å². The minimum atomic E-state index is -3.52. The van der Waals surface area contributed by atoms with Crippen molar-refractivity contribution >= 4 is 54.8 Å². The number of aromatic nitrogens is 1. The number of likely N-dealkylation sites (N-methyl/N-ethyl adjacent to an activating group) is 1. The quantitative estimate of drug-likeness (QED) is 0.390. The minimum absolute atomic E-state index is 0. The second-order valence-corrected chi connectivity index (χ2v) is 11.0. The number of carbonyl (C=O) groups is 1. The third-order valence-corrected chi connectivity index (χ3v) is 8.52. The molecule has 1 heterocycles. The molecule has 0 saturated heterocycles. The Bertz CT molecular complexity index is 1140. The lowest BCUT2D eigenvalue weighted by atomic mass is 10.1. The van der Waals surface area contributed by atoms with Gasteiger partial charge in [-0.3, -0.25) is 9.69 Å². The van der Waals surface area contributed by atoms with Crippen LogP contribution in [-0.2, 0) is 14.6 Å². The smallest absolute Gasteiger partial charge is 0.229 e. The fourth-order valence-electron chi connectivity index (χ4n) is 3.49. The zero-order valence-electron chi connectivity index (χ0n) is 19.6. The van der Waals surface area contributed by atoms with Crippen molar-refractivity contribution < 1.29 is 13.2 Å². The van der Waals surface area contributed by atoms with E-state index in [4.69, 9.17) is 4.98 Å². The van der Waals surface area contributed by atoms with Crippen molar-refractivity contribution in [1.82, 2.24) is 9.88 Å². The van der Waals surface area contributed by atoms with Gasteiger partial charge in [0.15, 0.2) is 15.0 Å². The van der Waals surface area contributed by atoms with Gasteiger partial charge in [0.05, 0.1) is 20.9 Å². The summed E-state index contributed by atoms with van der Waals surface area (Å²) in [5.74, 6) is -0.440. The lowest BCUT2D eigenvalue weighted by molar-refractivity contribution is -0.118. The zero-order chi connectivity index (χ0) is 23.3. The predicted octanol–water partition coefficient (Wildman–Crippen LogP) is 4.87. The number of fused-ring (bicyclic) bond motifs is 1. The molecule has 1 aromatic heterocycles. The molecule has 33 heavy (non-hydrogen) atoms. The maximum Gasteiger partial charge on any atom is 0.229 e. The van der Waals surface area contributed by atoms with E-state index in [9.17, 15) is 13.2 Å². The number of hydrogen-bond donors (Lipinski definition) is 0. The van der Waals surface area contributed by atoms with E-state index in [-0.39, 0.29) is 35.4 Å². The van der Waals surface area contributed by atoms with E-state index in [0.29, 0.717) is 18.2 Å². The number of amides is 1. The monoisotopic (exact) mass is 509 g/mol. The van der Waals surface area contributed by atoms with Gasteiger partial charge in [-0.05, 0) is 62.3 Å².